The average Bonchev–Trinajstić information content (AvgIpc) is 2.16. The van der Waals surface area contributed by atoms with Gasteiger partial charge in [0.05, 0.1) is 5.84 Å². The van der Waals surface area contributed by atoms with E-state index in [1.807, 2.05) is 0 Å². The van der Waals surface area contributed by atoms with Crippen molar-refractivity contribution in [1.29, 1.82) is 5.41 Å². The third kappa shape index (κ3) is 3.32. The number of hydrogen-bond acceptors (Lipinski definition) is 1. The SMILES string of the molecule is CC1(C(=N)N)CCCCCCCCC1. The highest BCUT2D eigenvalue weighted by Gasteiger charge is 2.26. The molecular formula is C12H24N2. The smallest absolute Gasteiger partial charge is 0.0965 e. The van der Waals surface area contributed by atoms with Gasteiger partial charge in [0.1, 0.15) is 0 Å². The minimum Gasteiger partial charge on any atom is -0.387 e. The molecule has 0 heterocycles. The zero-order valence-corrected chi connectivity index (χ0v) is 9.44. The van der Waals surface area contributed by atoms with Gasteiger partial charge in [-0.15, -0.1) is 0 Å². The van der Waals surface area contributed by atoms with Gasteiger partial charge in [0.25, 0.3) is 0 Å². The second-order valence-electron chi connectivity index (χ2n) is 4.95. The molecule has 1 aliphatic carbocycles. The Kier molecular flexibility index (Phi) is 4.43. The molecule has 0 spiro atoms. The monoisotopic (exact) mass is 196 g/mol. The van der Waals surface area contributed by atoms with E-state index in [1.165, 1.54) is 44.9 Å². The predicted molar refractivity (Wildman–Crippen MR) is 61.6 cm³/mol. The lowest BCUT2D eigenvalue weighted by molar-refractivity contribution is 0.341. The fraction of sp³-hybridized carbons (Fsp3) is 0.917. The Morgan fingerprint density at radius 1 is 0.929 bits per heavy atom. The first kappa shape index (κ1) is 11.5. The van der Waals surface area contributed by atoms with Gasteiger partial charge in [-0.05, 0) is 12.8 Å². The molecule has 2 heteroatoms. The summed E-state index contributed by atoms with van der Waals surface area (Å²) in [4.78, 5) is 0. The first-order valence-corrected chi connectivity index (χ1v) is 6.00. The van der Waals surface area contributed by atoms with Crippen LogP contribution in [0.15, 0.2) is 0 Å². The molecule has 14 heavy (non-hydrogen) atoms. The summed E-state index contributed by atoms with van der Waals surface area (Å²) in [5, 5.41) is 7.66. The molecule has 0 aromatic rings. The zero-order valence-electron chi connectivity index (χ0n) is 9.44. The molecule has 0 bridgehead atoms. The van der Waals surface area contributed by atoms with Crippen molar-refractivity contribution in [3.63, 3.8) is 0 Å². The quantitative estimate of drug-likeness (QED) is 0.490. The molecule has 2 nitrogen and oxygen atoms in total. The van der Waals surface area contributed by atoms with Crippen molar-refractivity contribution >= 4 is 5.84 Å². The largest absolute Gasteiger partial charge is 0.387 e. The predicted octanol–water partition coefficient (Wildman–Crippen LogP) is 3.45. The lowest BCUT2D eigenvalue weighted by Gasteiger charge is -2.29. The topological polar surface area (TPSA) is 49.9 Å². The van der Waals surface area contributed by atoms with Gasteiger partial charge in [0, 0.05) is 5.41 Å². The number of hydrogen-bond donors (Lipinski definition) is 2. The summed E-state index contributed by atoms with van der Waals surface area (Å²) in [5.41, 5.74) is 5.69. The van der Waals surface area contributed by atoms with Gasteiger partial charge in [-0.2, -0.15) is 0 Å². The Morgan fingerprint density at radius 2 is 1.29 bits per heavy atom. The second kappa shape index (κ2) is 5.38. The molecule has 0 aliphatic heterocycles. The van der Waals surface area contributed by atoms with E-state index in [9.17, 15) is 0 Å². The van der Waals surface area contributed by atoms with Gasteiger partial charge in [-0.3, -0.25) is 5.41 Å². The normalized spacial score (nSPS) is 24.1. The van der Waals surface area contributed by atoms with E-state index in [2.05, 4.69) is 6.92 Å². The molecule has 0 amide bonds. The van der Waals surface area contributed by atoms with Gasteiger partial charge >= 0.3 is 0 Å². The minimum atomic E-state index is -0.00264. The van der Waals surface area contributed by atoms with Crippen LogP contribution in [0, 0.1) is 10.8 Å². The standard InChI is InChI=1S/C12H24N2/c1-12(11(13)14)9-7-5-3-2-4-6-8-10-12/h2-10H2,1H3,(H3,13,14). The molecule has 1 fully saturated rings. The summed E-state index contributed by atoms with van der Waals surface area (Å²) in [7, 11) is 0. The summed E-state index contributed by atoms with van der Waals surface area (Å²) in [6, 6.07) is 0. The van der Waals surface area contributed by atoms with Crippen LogP contribution in [0.5, 0.6) is 0 Å². The Labute approximate surface area is 87.8 Å². The maximum atomic E-state index is 7.66. The van der Waals surface area contributed by atoms with Crippen molar-refractivity contribution in [2.45, 2.75) is 64.7 Å². The highest BCUT2D eigenvalue weighted by Crippen LogP contribution is 2.32. The second-order valence-corrected chi connectivity index (χ2v) is 4.95. The Morgan fingerprint density at radius 3 is 1.64 bits per heavy atom. The van der Waals surface area contributed by atoms with Gasteiger partial charge in [0.15, 0.2) is 0 Å². The maximum absolute atomic E-state index is 7.66. The van der Waals surface area contributed by atoms with Crippen LogP contribution >= 0.6 is 0 Å². The van der Waals surface area contributed by atoms with Crippen LogP contribution in [-0.2, 0) is 0 Å². The van der Waals surface area contributed by atoms with Crippen LogP contribution in [-0.4, -0.2) is 5.84 Å². The summed E-state index contributed by atoms with van der Waals surface area (Å²) in [6.45, 7) is 2.16. The van der Waals surface area contributed by atoms with Gasteiger partial charge in [-0.25, -0.2) is 0 Å². The molecule has 82 valence electrons. The van der Waals surface area contributed by atoms with E-state index in [0.717, 1.165) is 12.8 Å². The van der Waals surface area contributed by atoms with E-state index in [1.54, 1.807) is 0 Å². The highest BCUT2D eigenvalue weighted by molar-refractivity contribution is 5.83. The molecule has 1 rings (SSSR count). The third-order valence-corrected chi connectivity index (χ3v) is 3.61. The molecular weight excluding hydrogens is 172 g/mol. The van der Waals surface area contributed by atoms with Crippen LogP contribution in [0.1, 0.15) is 64.7 Å². The third-order valence-electron chi connectivity index (χ3n) is 3.61. The first-order chi connectivity index (χ1) is 6.65. The van der Waals surface area contributed by atoms with Crippen LogP contribution in [0.4, 0.5) is 0 Å². The number of nitrogens with one attached hydrogen (secondary N) is 1. The molecule has 0 saturated heterocycles. The van der Waals surface area contributed by atoms with E-state index in [-0.39, 0.29) is 5.41 Å². The van der Waals surface area contributed by atoms with Crippen molar-refractivity contribution in [3.05, 3.63) is 0 Å². The fourth-order valence-corrected chi connectivity index (χ4v) is 2.31. The van der Waals surface area contributed by atoms with Gasteiger partial charge in [0.2, 0.25) is 0 Å². The minimum absolute atomic E-state index is 0.00264. The van der Waals surface area contributed by atoms with Crippen molar-refractivity contribution in [1.82, 2.24) is 0 Å². The Balaban J connectivity index is 2.49. The van der Waals surface area contributed by atoms with Crippen LogP contribution in [0.3, 0.4) is 0 Å². The van der Waals surface area contributed by atoms with Crippen molar-refractivity contribution in [2.24, 2.45) is 11.1 Å². The Hall–Kier alpha value is -0.530. The van der Waals surface area contributed by atoms with E-state index in [0.29, 0.717) is 5.84 Å². The molecule has 1 aliphatic rings. The summed E-state index contributed by atoms with van der Waals surface area (Å²) < 4.78 is 0. The van der Waals surface area contributed by atoms with Crippen LogP contribution < -0.4 is 5.73 Å². The van der Waals surface area contributed by atoms with E-state index in [4.69, 9.17) is 11.1 Å². The van der Waals surface area contributed by atoms with Crippen molar-refractivity contribution < 1.29 is 0 Å². The number of amidine groups is 1. The summed E-state index contributed by atoms with van der Waals surface area (Å²) in [6.07, 6.45) is 11.5. The first-order valence-electron chi connectivity index (χ1n) is 6.00. The lowest BCUT2D eigenvalue weighted by Crippen LogP contribution is -2.33. The number of nitrogens with two attached hydrogens (primary N) is 1. The molecule has 0 atom stereocenters. The molecule has 0 aromatic carbocycles. The van der Waals surface area contributed by atoms with Crippen LogP contribution in [0.2, 0.25) is 0 Å². The van der Waals surface area contributed by atoms with Crippen molar-refractivity contribution in [2.75, 3.05) is 0 Å². The van der Waals surface area contributed by atoms with E-state index >= 15 is 0 Å². The van der Waals surface area contributed by atoms with Crippen molar-refractivity contribution in [3.8, 4) is 0 Å². The van der Waals surface area contributed by atoms with E-state index < -0.39 is 0 Å². The van der Waals surface area contributed by atoms with Crippen LogP contribution in [0.25, 0.3) is 0 Å². The average molecular weight is 196 g/mol. The lowest BCUT2D eigenvalue weighted by atomic mass is 9.78. The summed E-state index contributed by atoms with van der Waals surface area (Å²) in [5.74, 6) is 0.401. The maximum Gasteiger partial charge on any atom is 0.0965 e. The van der Waals surface area contributed by atoms with Gasteiger partial charge in [-0.1, -0.05) is 51.9 Å². The fourth-order valence-electron chi connectivity index (χ4n) is 2.31. The Bertz CT molecular complexity index is 177. The zero-order chi connectivity index (χ0) is 10.4. The molecule has 1 saturated carbocycles. The molecule has 0 aromatic heterocycles. The molecule has 3 N–H and O–H groups in total. The summed E-state index contributed by atoms with van der Waals surface area (Å²) >= 11 is 0. The van der Waals surface area contributed by atoms with Gasteiger partial charge < -0.3 is 5.73 Å². The molecule has 0 unspecified atom stereocenters. The molecule has 0 radical (unpaired) electrons. The number of rotatable bonds is 1. The highest BCUT2D eigenvalue weighted by atomic mass is 14.7.